The van der Waals surface area contributed by atoms with E-state index in [4.69, 9.17) is 0 Å². The SMILES string of the molecule is c1ccc(CCCCc2ccccn2)nc1. The predicted octanol–water partition coefficient (Wildman–Crippen LogP) is 3.04. The number of hydrogen-bond donors (Lipinski definition) is 0. The largest absolute Gasteiger partial charge is 0.261 e. The summed E-state index contributed by atoms with van der Waals surface area (Å²) in [5.41, 5.74) is 2.37. The van der Waals surface area contributed by atoms with Crippen LogP contribution >= 0.6 is 0 Å². The Labute approximate surface area is 96.4 Å². The molecule has 2 heteroatoms. The number of unbranched alkanes of at least 4 members (excludes halogenated alkanes) is 1. The molecular weight excluding hydrogens is 196 g/mol. The number of nitrogens with zero attached hydrogens (tertiary/aromatic N) is 2. The van der Waals surface area contributed by atoms with Crippen LogP contribution in [-0.4, -0.2) is 9.97 Å². The molecule has 0 bridgehead atoms. The number of pyridine rings is 2. The van der Waals surface area contributed by atoms with Crippen LogP contribution < -0.4 is 0 Å². The van der Waals surface area contributed by atoms with Gasteiger partial charge >= 0.3 is 0 Å². The molecule has 0 N–H and O–H groups in total. The molecule has 0 saturated heterocycles. The van der Waals surface area contributed by atoms with Crippen LogP contribution in [0.3, 0.4) is 0 Å². The van der Waals surface area contributed by atoms with Crippen LogP contribution in [0.2, 0.25) is 0 Å². The van der Waals surface area contributed by atoms with E-state index in [9.17, 15) is 0 Å². The quantitative estimate of drug-likeness (QED) is 0.712. The van der Waals surface area contributed by atoms with Gasteiger partial charge in [-0.25, -0.2) is 0 Å². The van der Waals surface area contributed by atoms with Gasteiger partial charge in [0, 0.05) is 23.8 Å². The molecule has 82 valence electrons. The highest BCUT2D eigenvalue weighted by Crippen LogP contribution is 2.05. The zero-order valence-corrected chi connectivity index (χ0v) is 9.34. The molecule has 2 heterocycles. The summed E-state index contributed by atoms with van der Waals surface area (Å²) in [6.07, 6.45) is 8.19. The third-order valence-corrected chi connectivity index (χ3v) is 2.57. The summed E-state index contributed by atoms with van der Waals surface area (Å²) in [5, 5.41) is 0. The Hall–Kier alpha value is -1.70. The highest BCUT2D eigenvalue weighted by molar-refractivity contribution is 5.05. The molecule has 2 aromatic rings. The lowest BCUT2D eigenvalue weighted by Gasteiger charge is -2.00. The van der Waals surface area contributed by atoms with Crippen LogP contribution in [0.1, 0.15) is 24.2 Å². The van der Waals surface area contributed by atoms with Crippen LogP contribution in [0.25, 0.3) is 0 Å². The third kappa shape index (κ3) is 3.46. The van der Waals surface area contributed by atoms with Crippen molar-refractivity contribution in [2.45, 2.75) is 25.7 Å². The lowest BCUT2D eigenvalue weighted by Crippen LogP contribution is -1.92. The van der Waals surface area contributed by atoms with Gasteiger partial charge in [0.05, 0.1) is 0 Å². The Morgan fingerprint density at radius 2 is 1.19 bits per heavy atom. The third-order valence-electron chi connectivity index (χ3n) is 2.57. The summed E-state index contributed by atoms with van der Waals surface area (Å²) < 4.78 is 0. The molecule has 2 aromatic heterocycles. The van der Waals surface area contributed by atoms with Crippen molar-refractivity contribution >= 4 is 0 Å². The standard InChI is InChI=1S/C14H16N2/c1(7-13-9-3-5-11-15-13)2-8-14-10-4-6-12-16-14/h3-6,9-12H,1-2,7-8H2. The molecule has 2 rings (SSSR count). The molecular formula is C14H16N2. The van der Waals surface area contributed by atoms with E-state index in [1.165, 1.54) is 24.2 Å². The van der Waals surface area contributed by atoms with Crippen LogP contribution in [0.15, 0.2) is 48.8 Å². The molecule has 0 aliphatic heterocycles. The van der Waals surface area contributed by atoms with Crippen LogP contribution in [-0.2, 0) is 12.8 Å². The van der Waals surface area contributed by atoms with E-state index in [2.05, 4.69) is 22.1 Å². The predicted molar refractivity (Wildman–Crippen MR) is 65.1 cm³/mol. The second-order valence-corrected chi connectivity index (χ2v) is 3.85. The smallest absolute Gasteiger partial charge is 0.0403 e. The fourth-order valence-corrected chi connectivity index (χ4v) is 1.70. The van der Waals surface area contributed by atoms with Crippen molar-refractivity contribution in [1.29, 1.82) is 0 Å². The summed E-state index contributed by atoms with van der Waals surface area (Å²) in [7, 11) is 0. The van der Waals surface area contributed by atoms with Crippen LogP contribution in [0, 0.1) is 0 Å². The zero-order valence-electron chi connectivity index (χ0n) is 9.34. The minimum absolute atomic E-state index is 1.06. The van der Waals surface area contributed by atoms with E-state index < -0.39 is 0 Å². The van der Waals surface area contributed by atoms with Crippen molar-refractivity contribution in [2.75, 3.05) is 0 Å². The molecule has 0 spiro atoms. The van der Waals surface area contributed by atoms with Gasteiger partial charge in [0.1, 0.15) is 0 Å². The first-order valence-corrected chi connectivity index (χ1v) is 5.75. The summed E-state index contributed by atoms with van der Waals surface area (Å²) >= 11 is 0. The monoisotopic (exact) mass is 212 g/mol. The van der Waals surface area contributed by atoms with E-state index in [0.717, 1.165) is 12.8 Å². The molecule has 0 radical (unpaired) electrons. The fraction of sp³-hybridized carbons (Fsp3) is 0.286. The Balaban J connectivity index is 1.70. The molecule has 16 heavy (non-hydrogen) atoms. The van der Waals surface area contributed by atoms with Crippen LogP contribution in [0.4, 0.5) is 0 Å². The highest BCUT2D eigenvalue weighted by Gasteiger charge is 1.95. The fourth-order valence-electron chi connectivity index (χ4n) is 1.70. The van der Waals surface area contributed by atoms with Gasteiger partial charge in [-0.3, -0.25) is 9.97 Å². The maximum absolute atomic E-state index is 4.31. The van der Waals surface area contributed by atoms with Crippen molar-refractivity contribution in [3.63, 3.8) is 0 Å². The molecule has 0 saturated carbocycles. The van der Waals surface area contributed by atoms with E-state index in [1.54, 1.807) is 0 Å². The van der Waals surface area contributed by atoms with Gasteiger partial charge < -0.3 is 0 Å². The first kappa shape index (κ1) is 10.8. The van der Waals surface area contributed by atoms with E-state index >= 15 is 0 Å². The molecule has 0 aromatic carbocycles. The number of hydrogen-bond acceptors (Lipinski definition) is 2. The van der Waals surface area contributed by atoms with Gasteiger partial charge in [0.2, 0.25) is 0 Å². The van der Waals surface area contributed by atoms with Gasteiger partial charge in [0.25, 0.3) is 0 Å². The van der Waals surface area contributed by atoms with Gasteiger partial charge in [-0.2, -0.15) is 0 Å². The Morgan fingerprint density at radius 3 is 1.56 bits per heavy atom. The maximum Gasteiger partial charge on any atom is 0.0403 e. The van der Waals surface area contributed by atoms with E-state index in [1.807, 2.05) is 36.7 Å². The second kappa shape index (κ2) is 6.01. The molecule has 0 fully saturated rings. The zero-order chi connectivity index (χ0) is 11.1. The Kier molecular flexibility index (Phi) is 4.06. The van der Waals surface area contributed by atoms with Crippen molar-refractivity contribution in [2.24, 2.45) is 0 Å². The summed E-state index contributed by atoms with van der Waals surface area (Å²) in [5.74, 6) is 0. The maximum atomic E-state index is 4.31. The highest BCUT2D eigenvalue weighted by atomic mass is 14.7. The molecule has 0 aliphatic rings. The van der Waals surface area contributed by atoms with E-state index in [0.29, 0.717) is 0 Å². The molecule has 0 unspecified atom stereocenters. The minimum Gasteiger partial charge on any atom is -0.261 e. The first-order chi connectivity index (χ1) is 7.95. The second-order valence-electron chi connectivity index (χ2n) is 3.85. The minimum atomic E-state index is 1.06. The van der Waals surface area contributed by atoms with Gasteiger partial charge in [-0.1, -0.05) is 12.1 Å². The normalized spacial score (nSPS) is 10.2. The van der Waals surface area contributed by atoms with E-state index in [-0.39, 0.29) is 0 Å². The lowest BCUT2D eigenvalue weighted by atomic mass is 10.1. The Morgan fingerprint density at radius 1 is 0.688 bits per heavy atom. The number of aryl methyl sites for hydroxylation is 2. The van der Waals surface area contributed by atoms with Gasteiger partial charge in [0.15, 0.2) is 0 Å². The van der Waals surface area contributed by atoms with Crippen molar-refractivity contribution in [3.05, 3.63) is 60.2 Å². The summed E-state index contributed by atoms with van der Waals surface area (Å²) in [4.78, 5) is 8.62. The molecule has 0 aliphatic carbocycles. The van der Waals surface area contributed by atoms with Gasteiger partial charge in [-0.15, -0.1) is 0 Å². The Bertz CT molecular complexity index is 356. The average molecular weight is 212 g/mol. The molecule has 2 nitrogen and oxygen atoms in total. The van der Waals surface area contributed by atoms with Crippen LogP contribution in [0.5, 0.6) is 0 Å². The van der Waals surface area contributed by atoms with Gasteiger partial charge in [-0.05, 0) is 49.9 Å². The lowest BCUT2D eigenvalue weighted by molar-refractivity contribution is 0.712. The summed E-state index contributed by atoms with van der Waals surface area (Å²) in [6, 6.07) is 12.2. The number of rotatable bonds is 5. The van der Waals surface area contributed by atoms with Crippen molar-refractivity contribution in [3.8, 4) is 0 Å². The first-order valence-electron chi connectivity index (χ1n) is 5.75. The average Bonchev–Trinajstić information content (AvgIpc) is 2.37. The van der Waals surface area contributed by atoms with Crippen molar-refractivity contribution < 1.29 is 0 Å². The number of aromatic nitrogens is 2. The summed E-state index contributed by atoms with van der Waals surface area (Å²) in [6.45, 7) is 0. The molecule has 0 atom stereocenters. The van der Waals surface area contributed by atoms with Crippen molar-refractivity contribution in [1.82, 2.24) is 9.97 Å². The topological polar surface area (TPSA) is 25.8 Å². The molecule has 0 amide bonds.